The minimum Gasteiger partial charge on any atom is -0.449 e. The van der Waals surface area contributed by atoms with Gasteiger partial charge in [-0.05, 0) is 25.1 Å². The Bertz CT molecular complexity index is 834. The standard InChI is InChI=1S/C18H17ClN4O2/c1-2-25-18(24)23-22-16-11-20-17(12-6-4-3-5-7-12)14-10-13(19)8-9-15(14)21-16/h3-10H,2,11H2,1H3,(H,21,22)(H,23,24). The van der Waals surface area contributed by atoms with Gasteiger partial charge in [-0.3, -0.25) is 10.4 Å². The third kappa shape index (κ3) is 4.16. The Labute approximate surface area is 150 Å². The van der Waals surface area contributed by atoms with E-state index >= 15 is 0 Å². The van der Waals surface area contributed by atoms with Gasteiger partial charge in [0.05, 0.1) is 24.6 Å². The SMILES string of the molecule is CCOC(=O)NNC1=Nc2ccc(Cl)cc2C(c2ccccc2)=NC1. The molecule has 1 heterocycles. The third-order valence-electron chi connectivity index (χ3n) is 3.49. The second-order valence-electron chi connectivity index (χ2n) is 5.22. The number of rotatable bonds is 2. The van der Waals surface area contributed by atoms with Crippen LogP contribution in [0.15, 0.2) is 58.5 Å². The molecule has 7 heteroatoms. The van der Waals surface area contributed by atoms with Crippen LogP contribution in [-0.2, 0) is 4.74 Å². The highest BCUT2D eigenvalue weighted by Crippen LogP contribution is 2.28. The fourth-order valence-electron chi connectivity index (χ4n) is 2.42. The smallest absolute Gasteiger partial charge is 0.425 e. The summed E-state index contributed by atoms with van der Waals surface area (Å²) in [6.07, 6.45) is -0.571. The Kier molecular flexibility index (Phi) is 5.30. The van der Waals surface area contributed by atoms with E-state index in [4.69, 9.17) is 16.3 Å². The van der Waals surface area contributed by atoms with Gasteiger partial charge in [0.1, 0.15) is 5.84 Å². The summed E-state index contributed by atoms with van der Waals surface area (Å²) in [4.78, 5) is 20.6. The van der Waals surface area contributed by atoms with Gasteiger partial charge in [-0.25, -0.2) is 15.2 Å². The molecule has 2 N–H and O–H groups in total. The molecule has 2 aromatic rings. The molecule has 0 aliphatic carbocycles. The van der Waals surface area contributed by atoms with Crippen LogP contribution in [-0.4, -0.2) is 30.8 Å². The quantitative estimate of drug-likeness (QED) is 0.809. The van der Waals surface area contributed by atoms with Gasteiger partial charge in [-0.1, -0.05) is 41.9 Å². The van der Waals surface area contributed by atoms with Crippen molar-refractivity contribution in [3.05, 3.63) is 64.7 Å². The normalized spacial score (nSPS) is 13.0. The molecule has 0 radical (unpaired) electrons. The summed E-state index contributed by atoms with van der Waals surface area (Å²) in [6.45, 7) is 2.31. The minimum atomic E-state index is -0.571. The molecule has 2 aromatic carbocycles. The molecular formula is C18H17ClN4O2. The van der Waals surface area contributed by atoms with Crippen molar-refractivity contribution < 1.29 is 9.53 Å². The second-order valence-corrected chi connectivity index (χ2v) is 5.66. The van der Waals surface area contributed by atoms with Crippen LogP contribution in [0.25, 0.3) is 0 Å². The second kappa shape index (κ2) is 7.81. The fraction of sp³-hybridized carbons (Fsp3) is 0.167. The lowest BCUT2D eigenvalue weighted by atomic mass is 10.0. The molecular weight excluding hydrogens is 340 g/mol. The van der Waals surface area contributed by atoms with Crippen LogP contribution in [0.4, 0.5) is 10.5 Å². The zero-order valence-corrected chi connectivity index (χ0v) is 14.4. The molecule has 0 atom stereocenters. The van der Waals surface area contributed by atoms with Gasteiger partial charge in [0, 0.05) is 16.1 Å². The minimum absolute atomic E-state index is 0.281. The number of hydrazine groups is 1. The van der Waals surface area contributed by atoms with Gasteiger partial charge in [-0.2, -0.15) is 0 Å². The highest BCUT2D eigenvalue weighted by Gasteiger charge is 2.17. The van der Waals surface area contributed by atoms with E-state index in [1.54, 1.807) is 13.0 Å². The maximum Gasteiger partial charge on any atom is 0.425 e. The van der Waals surface area contributed by atoms with E-state index < -0.39 is 6.09 Å². The highest BCUT2D eigenvalue weighted by atomic mass is 35.5. The molecule has 1 amide bonds. The van der Waals surface area contributed by atoms with Crippen LogP contribution in [0.1, 0.15) is 18.1 Å². The molecule has 6 nitrogen and oxygen atoms in total. The van der Waals surface area contributed by atoms with Crippen molar-refractivity contribution in [2.75, 3.05) is 13.2 Å². The molecule has 0 saturated carbocycles. The summed E-state index contributed by atoms with van der Waals surface area (Å²) in [5.74, 6) is 0.502. The maximum absolute atomic E-state index is 11.4. The van der Waals surface area contributed by atoms with E-state index in [1.807, 2.05) is 42.5 Å². The number of nitrogens with zero attached hydrogens (tertiary/aromatic N) is 2. The van der Waals surface area contributed by atoms with Crippen molar-refractivity contribution in [2.24, 2.45) is 9.98 Å². The van der Waals surface area contributed by atoms with Crippen LogP contribution < -0.4 is 10.9 Å². The van der Waals surface area contributed by atoms with Crippen molar-refractivity contribution in [2.45, 2.75) is 6.92 Å². The Morgan fingerprint density at radius 3 is 2.80 bits per heavy atom. The van der Waals surface area contributed by atoms with Crippen molar-refractivity contribution >= 4 is 34.9 Å². The van der Waals surface area contributed by atoms with Crippen LogP contribution in [0.2, 0.25) is 5.02 Å². The number of carbonyl (C=O) groups is 1. The summed E-state index contributed by atoms with van der Waals surface area (Å²) >= 11 is 6.16. The maximum atomic E-state index is 11.4. The number of benzene rings is 2. The summed E-state index contributed by atoms with van der Waals surface area (Å²) in [7, 11) is 0. The first kappa shape index (κ1) is 17.0. The summed E-state index contributed by atoms with van der Waals surface area (Å²) in [5, 5.41) is 0.610. The average Bonchev–Trinajstić information content (AvgIpc) is 2.80. The van der Waals surface area contributed by atoms with E-state index in [1.165, 1.54) is 0 Å². The van der Waals surface area contributed by atoms with Gasteiger partial charge >= 0.3 is 6.09 Å². The summed E-state index contributed by atoms with van der Waals surface area (Å²) in [5.41, 5.74) is 8.53. The lowest BCUT2D eigenvalue weighted by molar-refractivity contribution is 0.150. The number of aliphatic imine (C=N–C) groups is 2. The largest absolute Gasteiger partial charge is 0.449 e. The van der Waals surface area contributed by atoms with Crippen LogP contribution in [0, 0.1) is 0 Å². The van der Waals surface area contributed by atoms with E-state index in [0.717, 1.165) is 22.5 Å². The number of carbonyl (C=O) groups excluding carboxylic acids is 1. The number of nitrogens with one attached hydrogen (secondary N) is 2. The van der Waals surface area contributed by atoms with Gasteiger partial charge in [0.15, 0.2) is 0 Å². The van der Waals surface area contributed by atoms with E-state index in [9.17, 15) is 4.79 Å². The number of hydrogen-bond donors (Lipinski definition) is 2. The molecule has 1 aliphatic heterocycles. The lowest BCUT2D eigenvalue weighted by Crippen LogP contribution is -2.43. The molecule has 3 rings (SSSR count). The van der Waals surface area contributed by atoms with Gasteiger partial charge in [0.25, 0.3) is 0 Å². The molecule has 0 spiro atoms. The van der Waals surface area contributed by atoms with E-state index in [-0.39, 0.29) is 13.2 Å². The molecule has 0 fully saturated rings. The number of hydrogen-bond acceptors (Lipinski definition) is 5. The lowest BCUT2D eigenvalue weighted by Gasteiger charge is -2.09. The van der Waals surface area contributed by atoms with Crippen LogP contribution in [0.5, 0.6) is 0 Å². The first-order chi connectivity index (χ1) is 12.2. The van der Waals surface area contributed by atoms with E-state index in [2.05, 4.69) is 20.8 Å². The molecule has 0 saturated heterocycles. The van der Waals surface area contributed by atoms with Crippen molar-refractivity contribution in [3.8, 4) is 0 Å². The zero-order valence-electron chi connectivity index (χ0n) is 13.6. The molecule has 128 valence electrons. The number of fused-ring (bicyclic) bond motifs is 1. The van der Waals surface area contributed by atoms with Crippen molar-refractivity contribution in [3.63, 3.8) is 0 Å². The van der Waals surface area contributed by atoms with E-state index in [0.29, 0.717) is 10.9 Å². The molecule has 0 unspecified atom stereocenters. The Morgan fingerprint density at radius 2 is 2.04 bits per heavy atom. The third-order valence-corrected chi connectivity index (χ3v) is 3.72. The summed E-state index contributed by atoms with van der Waals surface area (Å²) < 4.78 is 4.82. The number of amidine groups is 1. The average molecular weight is 357 g/mol. The van der Waals surface area contributed by atoms with Crippen LogP contribution in [0.3, 0.4) is 0 Å². The Morgan fingerprint density at radius 1 is 1.24 bits per heavy atom. The molecule has 0 aromatic heterocycles. The fourth-order valence-corrected chi connectivity index (χ4v) is 2.59. The van der Waals surface area contributed by atoms with Crippen LogP contribution >= 0.6 is 11.6 Å². The first-order valence-corrected chi connectivity index (χ1v) is 8.21. The highest BCUT2D eigenvalue weighted by molar-refractivity contribution is 6.31. The number of amides is 1. The molecule has 0 bridgehead atoms. The number of halogens is 1. The van der Waals surface area contributed by atoms with Gasteiger partial charge < -0.3 is 4.74 Å². The topological polar surface area (TPSA) is 75.1 Å². The first-order valence-electron chi connectivity index (χ1n) is 7.83. The predicted molar refractivity (Wildman–Crippen MR) is 98.8 cm³/mol. The molecule has 25 heavy (non-hydrogen) atoms. The van der Waals surface area contributed by atoms with Crippen molar-refractivity contribution in [1.29, 1.82) is 0 Å². The van der Waals surface area contributed by atoms with Gasteiger partial charge in [-0.15, -0.1) is 0 Å². The number of ether oxygens (including phenoxy) is 1. The van der Waals surface area contributed by atoms with Crippen molar-refractivity contribution in [1.82, 2.24) is 10.9 Å². The monoisotopic (exact) mass is 356 g/mol. The Balaban J connectivity index is 1.93. The zero-order chi connectivity index (χ0) is 17.6. The predicted octanol–water partition coefficient (Wildman–Crippen LogP) is 3.47. The summed E-state index contributed by atoms with van der Waals surface area (Å²) in [6, 6.07) is 15.3. The molecule has 1 aliphatic rings. The Hall–Kier alpha value is -2.86. The van der Waals surface area contributed by atoms with Gasteiger partial charge in [0.2, 0.25) is 0 Å².